The summed E-state index contributed by atoms with van der Waals surface area (Å²) in [5, 5.41) is -0.00889. The van der Waals surface area contributed by atoms with Crippen molar-refractivity contribution in [3.8, 4) is 0 Å². The molecule has 0 bridgehead atoms. The highest BCUT2D eigenvalue weighted by atomic mass is 35.5. The molecule has 0 radical (unpaired) electrons. The molecule has 1 aliphatic rings. The third kappa shape index (κ3) is 3.81. The summed E-state index contributed by atoms with van der Waals surface area (Å²) in [6.45, 7) is 0. The molecule has 3 rings (SSSR count). The highest BCUT2D eigenvalue weighted by Gasteiger charge is 2.40. The highest BCUT2D eigenvalue weighted by Crippen LogP contribution is 2.35. The van der Waals surface area contributed by atoms with Crippen molar-refractivity contribution in [2.75, 3.05) is 0 Å². The highest BCUT2D eigenvalue weighted by molar-refractivity contribution is 7.86. The average molecular weight is 401 g/mol. The first-order valence-corrected chi connectivity index (χ1v) is 8.87. The van der Waals surface area contributed by atoms with E-state index in [1.54, 1.807) is 6.07 Å². The van der Waals surface area contributed by atoms with E-state index in [0.29, 0.717) is 0 Å². The van der Waals surface area contributed by atoms with E-state index in [1.807, 2.05) is 0 Å². The van der Waals surface area contributed by atoms with Crippen molar-refractivity contribution in [1.29, 1.82) is 0 Å². The lowest BCUT2D eigenvalue weighted by Gasteiger charge is -2.11. The molecule has 0 spiro atoms. The minimum absolute atomic E-state index is 0.00889. The minimum atomic E-state index is -5.12. The van der Waals surface area contributed by atoms with Crippen molar-refractivity contribution >= 4 is 27.5 Å². The fourth-order valence-corrected chi connectivity index (χ4v) is 3.14. The van der Waals surface area contributed by atoms with Crippen LogP contribution in [-0.4, -0.2) is 14.2 Å². The summed E-state index contributed by atoms with van der Waals surface area (Å²) in [7, 11) is -5.12. The number of ether oxygens (including phenoxy) is 1. The van der Waals surface area contributed by atoms with Gasteiger partial charge in [0.25, 0.3) is 0 Å². The van der Waals surface area contributed by atoms with E-state index in [2.05, 4.69) is 4.18 Å². The zero-order valence-electron chi connectivity index (χ0n) is 15.9. The Morgan fingerprint density at radius 3 is 2.69 bits per heavy atom. The molecule has 1 aliphatic heterocycles. The second kappa shape index (κ2) is 6.97. The number of carbonyl (C=O) groups excluding carboxylic acids is 1. The third-order valence-corrected chi connectivity index (χ3v) is 4.34. The van der Waals surface area contributed by atoms with Crippen LogP contribution in [0.1, 0.15) is 21.3 Å². The van der Waals surface area contributed by atoms with Crippen LogP contribution in [0.25, 0.3) is 0 Å². The maximum Gasteiger partial charge on any atom is 0.313 e. The van der Waals surface area contributed by atoms with Crippen molar-refractivity contribution in [3.05, 3.63) is 82.1 Å². The molecule has 0 unspecified atom stereocenters. The van der Waals surface area contributed by atoms with Crippen LogP contribution in [0.3, 0.4) is 0 Å². The predicted molar refractivity (Wildman–Crippen MR) is 91.6 cm³/mol. The van der Waals surface area contributed by atoms with Gasteiger partial charge in [0, 0.05) is 10.6 Å². The molecule has 0 fully saturated rings. The first-order chi connectivity index (χ1) is 13.4. The topological polar surface area (TPSA) is 95.7 Å². The molecule has 0 saturated carbocycles. The van der Waals surface area contributed by atoms with Gasteiger partial charge >= 0.3 is 10.1 Å². The molecular formula is C17H13ClFNO5S. The van der Waals surface area contributed by atoms with Gasteiger partial charge in [-0.2, -0.15) is 8.42 Å². The monoisotopic (exact) mass is 400 g/mol. The zero-order valence-corrected chi connectivity index (χ0v) is 14.5. The lowest BCUT2D eigenvalue weighted by atomic mass is 10.1. The summed E-state index contributed by atoms with van der Waals surface area (Å²) in [6, 6.07) is 9.82. The minimum Gasteiger partial charge on any atom is -0.460 e. The van der Waals surface area contributed by atoms with Crippen LogP contribution in [0.15, 0.2) is 60.2 Å². The van der Waals surface area contributed by atoms with E-state index in [1.165, 1.54) is 30.3 Å². The van der Waals surface area contributed by atoms with Crippen LogP contribution in [0, 0.1) is 5.82 Å². The second-order valence-electron chi connectivity index (χ2n) is 5.08. The molecule has 2 aromatic carbocycles. The van der Waals surface area contributed by atoms with Crippen LogP contribution in [0.4, 0.5) is 4.39 Å². The molecule has 2 aromatic rings. The van der Waals surface area contributed by atoms with Gasteiger partial charge in [0.15, 0.2) is 6.08 Å². The number of hydrogen-bond acceptors (Lipinski definition) is 6. The Hall–Kier alpha value is -2.58. The fraction of sp³-hybridized carbons (Fsp3) is 0.118. The van der Waals surface area contributed by atoms with E-state index in [-0.39, 0.29) is 10.6 Å². The van der Waals surface area contributed by atoms with Gasteiger partial charge in [0.05, 0.1) is 4.11 Å². The third-order valence-electron chi connectivity index (χ3n) is 3.23. The summed E-state index contributed by atoms with van der Waals surface area (Å²) >= 11 is 5.77. The van der Waals surface area contributed by atoms with Gasteiger partial charge in [-0.15, -0.1) is 0 Å². The fourth-order valence-electron chi connectivity index (χ4n) is 2.13. The number of nitrogens with two attached hydrogens (primary N) is 1. The van der Waals surface area contributed by atoms with Gasteiger partial charge in [0.1, 0.15) is 11.5 Å². The van der Waals surface area contributed by atoms with Gasteiger partial charge in [-0.3, -0.25) is 4.79 Å². The Morgan fingerprint density at radius 2 is 2.00 bits per heavy atom. The van der Waals surface area contributed by atoms with E-state index in [4.69, 9.17) is 26.2 Å². The van der Waals surface area contributed by atoms with E-state index in [9.17, 15) is 17.6 Å². The summed E-state index contributed by atoms with van der Waals surface area (Å²) in [6.07, 6.45) is -2.79. The zero-order chi connectivity index (χ0) is 21.6. The Kier molecular flexibility index (Phi) is 3.91. The number of benzene rings is 2. The van der Waals surface area contributed by atoms with Gasteiger partial charge in [-0.1, -0.05) is 41.9 Å². The van der Waals surface area contributed by atoms with Crippen molar-refractivity contribution < 1.29 is 30.6 Å². The summed E-state index contributed by atoms with van der Waals surface area (Å²) in [5.41, 5.74) is 1.58. The Labute approximate surface area is 158 Å². The van der Waals surface area contributed by atoms with Crippen molar-refractivity contribution in [2.24, 2.45) is 5.73 Å². The second-order valence-corrected chi connectivity index (χ2v) is 6.80. The molecular weight excluding hydrogens is 385 g/mol. The summed E-state index contributed by atoms with van der Waals surface area (Å²) < 4.78 is 72.7. The predicted octanol–water partition coefficient (Wildman–Crippen LogP) is 2.79. The first kappa shape index (κ1) is 14.6. The molecule has 6 nitrogen and oxygen atoms in total. The molecule has 1 heterocycles. The smallest absolute Gasteiger partial charge is 0.313 e. The average Bonchev–Trinajstić information content (AvgIpc) is 2.88. The van der Waals surface area contributed by atoms with Crippen LogP contribution in [0.2, 0.25) is 5.02 Å². The molecule has 26 heavy (non-hydrogen) atoms. The number of rotatable bonds is 5. The van der Waals surface area contributed by atoms with Gasteiger partial charge < -0.3 is 14.7 Å². The summed E-state index contributed by atoms with van der Waals surface area (Å²) in [5.74, 6) is -4.48. The lowest BCUT2D eigenvalue weighted by Crippen LogP contribution is -2.17. The number of hydrogen-bond donors (Lipinski definition) is 1. The SMILES string of the molecule is [2H]C([2H])(c1ccccc1)S(=O)(=O)OC1=C(N)O[C@@]([2H])(c2cc(Cl)ccc2F)C1=O. The molecule has 0 aliphatic carbocycles. The Morgan fingerprint density at radius 1 is 1.31 bits per heavy atom. The van der Waals surface area contributed by atoms with Crippen LogP contribution >= 0.6 is 11.6 Å². The number of Topliss-reactive ketones (excluding diaryl/α,β-unsaturated/α-hetero) is 1. The molecule has 0 saturated heterocycles. The molecule has 0 aromatic heterocycles. The maximum absolute atomic E-state index is 14.2. The lowest BCUT2D eigenvalue weighted by molar-refractivity contribution is -0.123. The van der Waals surface area contributed by atoms with Crippen LogP contribution in [-0.2, 0) is 29.5 Å². The molecule has 136 valence electrons. The largest absolute Gasteiger partial charge is 0.460 e. The molecule has 0 amide bonds. The summed E-state index contributed by atoms with van der Waals surface area (Å²) in [4.78, 5) is 12.7. The maximum atomic E-state index is 14.2. The quantitative estimate of drug-likeness (QED) is 0.775. The number of ketones is 1. The molecule has 9 heteroatoms. The number of halogens is 2. The van der Waals surface area contributed by atoms with Gasteiger partial charge in [-0.05, 0) is 23.8 Å². The Bertz CT molecular complexity index is 1130. The van der Waals surface area contributed by atoms with Crippen molar-refractivity contribution in [1.82, 2.24) is 0 Å². The standard InChI is InChI=1S/C17H13ClFNO5S/c18-11-6-7-13(19)12(8-11)15-14(21)16(17(20)24-15)25-26(22,23)9-10-4-2-1-3-5-10/h1-8,15H,9,20H2/t15-/m0/s1/i9D2,15D. The van der Waals surface area contributed by atoms with E-state index >= 15 is 0 Å². The normalized spacial score (nSPS) is 22.4. The van der Waals surface area contributed by atoms with E-state index in [0.717, 1.165) is 12.1 Å². The van der Waals surface area contributed by atoms with E-state index < -0.39 is 50.7 Å². The number of carbonyl (C=O) groups is 1. The van der Waals surface area contributed by atoms with Crippen molar-refractivity contribution in [2.45, 2.75) is 11.8 Å². The Balaban J connectivity index is 1.97. The van der Waals surface area contributed by atoms with Gasteiger partial charge in [0.2, 0.25) is 17.4 Å². The van der Waals surface area contributed by atoms with Gasteiger partial charge in [-0.25, -0.2) is 4.39 Å². The van der Waals surface area contributed by atoms with Crippen molar-refractivity contribution in [3.63, 3.8) is 0 Å². The molecule has 1 atom stereocenters. The molecule has 2 N–H and O–H groups in total. The van der Waals surface area contributed by atoms with Crippen LogP contribution < -0.4 is 5.73 Å². The first-order valence-electron chi connectivity index (χ1n) is 8.59. The van der Waals surface area contributed by atoms with Crippen LogP contribution in [0.5, 0.6) is 0 Å².